The summed E-state index contributed by atoms with van der Waals surface area (Å²) in [4.78, 5) is 0. The first-order valence-corrected chi connectivity index (χ1v) is 5.46. The summed E-state index contributed by atoms with van der Waals surface area (Å²) in [5.74, 6) is 2.81. The lowest BCUT2D eigenvalue weighted by Gasteiger charge is -2.34. The third kappa shape index (κ3) is 2.48. The summed E-state index contributed by atoms with van der Waals surface area (Å²) in [6, 6.07) is 0. The van der Waals surface area contributed by atoms with E-state index in [2.05, 4.69) is 26.1 Å². The molecule has 1 aliphatic carbocycles. The SMILES string of the molecule is CCNCC1CCCC(C)C1C. The molecule has 1 fully saturated rings. The van der Waals surface area contributed by atoms with Crippen LogP contribution in [0.3, 0.4) is 0 Å². The largest absolute Gasteiger partial charge is 0.317 e. The molecule has 0 amide bonds. The van der Waals surface area contributed by atoms with Crippen LogP contribution in [0.25, 0.3) is 0 Å². The second kappa shape index (κ2) is 4.86. The average molecular weight is 169 g/mol. The van der Waals surface area contributed by atoms with Crippen molar-refractivity contribution in [1.29, 1.82) is 0 Å². The number of hydrogen-bond acceptors (Lipinski definition) is 1. The summed E-state index contributed by atoms with van der Waals surface area (Å²) >= 11 is 0. The minimum Gasteiger partial charge on any atom is -0.317 e. The van der Waals surface area contributed by atoms with Gasteiger partial charge in [0.25, 0.3) is 0 Å². The Kier molecular flexibility index (Phi) is 4.07. The van der Waals surface area contributed by atoms with E-state index in [9.17, 15) is 0 Å². The Hall–Kier alpha value is -0.0400. The van der Waals surface area contributed by atoms with Gasteiger partial charge in [-0.05, 0) is 37.3 Å². The van der Waals surface area contributed by atoms with Crippen molar-refractivity contribution in [2.24, 2.45) is 17.8 Å². The fourth-order valence-corrected chi connectivity index (χ4v) is 2.31. The Bertz CT molecular complexity index is 122. The maximum Gasteiger partial charge on any atom is -0.00180 e. The van der Waals surface area contributed by atoms with Crippen molar-refractivity contribution < 1.29 is 0 Å². The van der Waals surface area contributed by atoms with Gasteiger partial charge in [-0.15, -0.1) is 0 Å². The molecule has 0 heterocycles. The third-order valence-corrected chi connectivity index (χ3v) is 3.53. The molecule has 0 bridgehead atoms. The van der Waals surface area contributed by atoms with E-state index < -0.39 is 0 Å². The van der Waals surface area contributed by atoms with Gasteiger partial charge in [0.15, 0.2) is 0 Å². The van der Waals surface area contributed by atoms with Crippen LogP contribution in [0.1, 0.15) is 40.0 Å². The van der Waals surface area contributed by atoms with Gasteiger partial charge >= 0.3 is 0 Å². The van der Waals surface area contributed by atoms with Gasteiger partial charge in [0, 0.05) is 0 Å². The van der Waals surface area contributed by atoms with Gasteiger partial charge in [0.2, 0.25) is 0 Å². The first kappa shape index (κ1) is 10.0. The molecule has 1 nitrogen and oxygen atoms in total. The van der Waals surface area contributed by atoms with E-state index in [1.54, 1.807) is 0 Å². The van der Waals surface area contributed by atoms with Gasteiger partial charge in [0.1, 0.15) is 0 Å². The molecule has 3 unspecified atom stereocenters. The fourth-order valence-electron chi connectivity index (χ4n) is 2.31. The zero-order valence-electron chi connectivity index (χ0n) is 8.77. The molecule has 1 aliphatic rings. The predicted octanol–water partition coefficient (Wildman–Crippen LogP) is 2.67. The van der Waals surface area contributed by atoms with Crippen LogP contribution in [0.5, 0.6) is 0 Å². The maximum absolute atomic E-state index is 3.47. The van der Waals surface area contributed by atoms with Gasteiger partial charge < -0.3 is 5.32 Å². The minimum atomic E-state index is 0.929. The summed E-state index contributed by atoms with van der Waals surface area (Å²) in [7, 11) is 0. The van der Waals surface area contributed by atoms with Crippen molar-refractivity contribution in [3.63, 3.8) is 0 Å². The van der Waals surface area contributed by atoms with Gasteiger partial charge in [0.05, 0.1) is 0 Å². The van der Waals surface area contributed by atoms with E-state index in [0.717, 1.165) is 24.3 Å². The summed E-state index contributed by atoms with van der Waals surface area (Å²) in [6.07, 6.45) is 4.34. The zero-order chi connectivity index (χ0) is 8.97. The molecule has 0 spiro atoms. The van der Waals surface area contributed by atoms with Crippen LogP contribution in [0.2, 0.25) is 0 Å². The van der Waals surface area contributed by atoms with E-state index in [-0.39, 0.29) is 0 Å². The molecule has 1 N–H and O–H groups in total. The molecule has 72 valence electrons. The van der Waals surface area contributed by atoms with Crippen LogP contribution in [-0.4, -0.2) is 13.1 Å². The Labute approximate surface area is 76.9 Å². The highest BCUT2D eigenvalue weighted by Crippen LogP contribution is 2.33. The summed E-state index contributed by atoms with van der Waals surface area (Å²) in [6.45, 7) is 9.38. The lowest BCUT2D eigenvalue weighted by Crippen LogP contribution is -2.32. The molecule has 0 aromatic carbocycles. The van der Waals surface area contributed by atoms with Crippen LogP contribution in [-0.2, 0) is 0 Å². The summed E-state index contributed by atoms with van der Waals surface area (Å²) < 4.78 is 0. The fraction of sp³-hybridized carbons (Fsp3) is 1.00. The lowest BCUT2D eigenvalue weighted by molar-refractivity contribution is 0.179. The van der Waals surface area contributed by atoms with Crippen LogP contribution < -0.4 is 5.32 Å². The van der Waals surface area contributed by atoms with Crippen LogP contribution in [0, 0.1) is 17.8 Å². The smallest absolute Gasteiger partial charge is 0.00180 e. The summed E-state index contributed by atoms with van der Waals surface area (Å²) in [5.41, 5.74) is 0. The molecule has 12 heavy (non-hydrogen) atoms. The Balaban J connectivity index is 2.30. The van der Waals surface area contributed by atoms with Crippen molar-refractivity contribution in [2.45, 2.75) is 40.0 Å². The van der Waals surface area contributed by atoms with E-state index >= 15 is 0 Å². The standard InChI is InChI=1S/C11H23N/c1-4-12-8-11-7-5-6-9(2)10(11)3/h9-12H,4-8H2,1-3H3. The number of rotatable bonds is 3. The summed E-state index contributed by atoms with van der Waals surface area (Å²) in [5, 5.41) is 3.47. The Morgan fingerprint density at radius 1 is 1.25 bits per heavy atom. The van der Waals surface area contributed by atoms with Gasteiger partial charge in [-0.3, -0.25) is 0 Å². The van der Waals surface area contributed by atoms with Crippen LogP contribution >= 0.6 is 0 Å². The molecular weight excluding hydrogens is 146 g/mol. The van der Waals surface area contributed by atoms with Crippen molar-refractivity contribution >= 4 is 0 Å². The van der Waals surface area contributed by atoms with Crippen molar-refractivity contribution in [2.75, 3.05) is 13.1 Å². The molecule has 0 aromatic rings. The van der Waals surface area contributed by atoms with Gasteiger partial charge in [-0.25, -0.2) is 0 Å². The van der Waals surface area contributed by atoms with Crippen molar-refractivity contribution in [1.82, 2.24) is 5.32 Å². The van der Waals surface area contributed by atoms with Crippen molar-refractivity contribution in [3.8, 4) is 0 Å². The molecule has 0 aromatic heterocycles. The first-order chi connectivity index (χ1) is 5.75. The minimum absolute atomic E-state index is 0.929. The highest BCUT2D eigenvalue weighted by atomic mass is 14.8. The quantitative estimate of drug-likeness (QED) is 0.685. The average Bonchev–Trinajstić information content (AvgIpc) is 2.08. The molecule has 3 atom stereocenters. The number of nitrogens with one attached hydrogen (secondary N) is 1. The first-order valence-electron chi connectivity index (χ1n) is 5.46. The topological polar surface area (TPSA) is 12.0 Å². The maximum atomic E-state index is 3.47. The van der Waals surface area contributed by atoms with Crippen LogP contribution in [0.15, 0.2) is 0 Å². The van der Waals surface area contributed by atoms with E-state index in [4.69, 9.17) is 0 Å². The van der Waals surface area contributed by atoms with Gasteiger partial charge in [-0.2, -0.15) is 0 Å². The molecule has 0 aliphatic heterocycles. The van der Waals surface area contributed by atoms with E-state index in [1.807, 2.05) is 0 Å². The lowest BCUT2D eigenvalue weighted by atomic mass is 9.74. The van der Waals surface area contributed by atoms with E-state index in [1.165, 1.54) is 25.8 Å². The Morgan fingerprint density at radius 3 is 2.67 bits per heavy atom. The van der Waals surface area contributed by atoms with Crippen LogP contribution in [0.4, 0.5) is 0 Å². The molecule has 1 rings (SSSR count). The third-order valence-electron chi connectivity index (χ3n) is 3.53. The molecule has 0 radical (unpaired) electrons. The highest BCUT2D eigenvalue weighted by Gasteiger charge is 2.26. The Morgan fingerprint density at radius 2 is 2.00 bits per heavy atom. The zero-order valence-corrected chi connectivity index (χ0v) is 8.77. The van der Waals surface area contributed by atoms with Crippen molar-refractivity contribution in [3.05, 3.63) is 0 Å². The second-order valence-corrected chi connectivity index (χ2v) is 4.34. The predicted molar refractivity (Wildman–Crippen MR) is 54.2 cm³/mol. The molecule has 1 heteroatoms. The number of hydrogen-bond donors (Lipinski definition) is 1. The molecule has 0 saturated heterocycles. The monoisotopic (exact) mass is 169 g/mol. The normalized spacial score (nSPS) is 36.8. The second-order valence-electron chi connectivity index (χ2n) is 4.34. The van der Waals surface area contributed by atoms with E-state index in [0.29, 0.717) is 0 Å². The highest BCUT2D eigenvalue weighted by molar-refractivity contribution is 4.78. The molecular formula is C11H23N. The van der Waals surface area contributed by atoms with Gasteiger partial charge in [-0.1, -0.05) is 33.6 Å². The molecule has 1 saturated carbocycles.